The Kier molecular flexibility index (Phi) is 3.05. The maximum atomic E-state index is 12.1. The van der Waals surface area contributed by atoms with Gasteiger partial charge in [-0.05, 0) is 18.2 Å². The Morgan fingerprint density at radius 2 is 2.10 bits per heavy atom. The van der Waals surface area contributed by atoms with Gasteiger partial charge in [-0.25, -0.2) is 0 Å². The van der Waals surface area contributed by atoms with Crippen molar-refractivity contribution in [3.63, 3.8) is 0 Å². The van der Waals surface area contributed by atoms with E-state index in [0.29, 0.717) is 0 Å². The van der Waals surface area contributed by atoms with Crippen molar-refractivity contribution >= 4 is 11.6 Å². The van der Waals surface area contributed by atoms with Gasteiger partial charge in [-0.3, -0.25) is 14.9 Å². The lowest BCUT2D eigenvalue weighted by Crippen LogP contribution is -2.40. The highest BCUT2D eigenvalue weighted by Crippen LogP contribution is 2.39. The summed E-state index contributed by atoms with van der Waals surface area (Å²) in [4.78, 5) is 21.1. The van der Waals surface area contributed by atoms with E-state index in [-0.39, 0.29) is 11.3 Å². The van der Waals surface area contributed by atoms with Gasteiger partial charge in [0.1, 0.15) is 5.75 Å². The number of nitrogens with one attached hydrogen (secondary N) is 1. The molecule has 108 valence electrons. The Morgan fingerprint density at radius 3 is 2.65 bits per heavy atom. The van der Waals surface area contributed by atoms with Crippen LogP contribution in [0.25, 0.3) is 0 Å². The Hall–Kier alpha value is -2.36. The van der Waals surface area contributed by atoms with Crippen molar-refractivity contribution in [3.05, 3.63) is 33.9 Å². The SMILES string of the molecule is O=C1Nc2ccc(OC(F)(F)F)cc2[C@]1(O)C[N+](=O)[O-]. The molecule has 0 aliphatic carbocycles. The van der Waals surface area contributed by atoms with Crippen LogP contribution in [-0.4, -0.2) is 28.8 Å². The number of ether oxygens (including phenoxy) is 1. The molecule has 7 nitrogen and oxygen atoms in total. The fourth-order valence-electron chi connectivity index (χ4n) is 1.86. The number of amides is 1. The fraction of sp³-hybridized carbons (Fsp3) is 0.300. The van der Waals surface area contributed by atoms with Crippen LogP contribution < -0.4 is 10.1 Å². The van der Waals surface area contributed by atoms with Crippen molar-refractivity contribution in [1.82, 2.24) is 0 Å². The number of halogens is 3. The number of hydrogen-bond acceptors (Lipinski definition) is 5. The number of carbonyl (C=O) groups excluding carboxylic acids is 1. The molecule has 0 saturated carbocycles. The molecule has 10 heteroatoms. The predicted molar refractivity (Wildman–Crippen MR) is 57.5 cm³/mol. The van der Waals surface area contributed by atoms with Gasteiger partial charge in [-0.1, -0.05) is 0 Å². The van der Waals surface area contributed by atoms with Gasteiger partial charge in [0.05, 0.1) is 0 Å². The predicted octanol–water partition coefficient (Wildman–Crippen LogP) is 1.00. The van der Waals surface area contributed by atoms with Crippen molar-refractivity contribution in [2.75, 3.05) is 11.9 Å². The molecular formula is C10H7F3N2O5. The monoisotopic (exact) mass is 292 g/mol. The van der Waals surface area contributed by atoms with Gasteiger partial charge in [0.2, 0.25) is 12.1 Å². The molecule has 1 heterocycles. The summed E-state index contributed by atoms with van der Waals surface area (Å²) in [5.41, 5.74) is -2.86. The second-order valence-corrected chi connectivity index (χ2v) is 4.06. The number of hydrogen-bond donors (Lipinski definition) is 2. The van der Waals surface area contributed by atoms with Gasteiger partial charge in [0.15, 0.2) is 0 Å². The molecule has 0 aromatic heterocycles. The molecule has 0 bridgehead atoms. The highest BCUT2D eigenvalue weighted by atomic mass is 19.4. The van der Waals surface area contributed by atoms with Crippen LogP contribution in [0.3, 0.4) is 0 Å². The van der Waals surface area contributed by atoms with Crippen molar-refractivity contribution in [2.24, 2.45) is 0 Å². The molecule has 1 amide bonds. The number of alkyl halides is 3. The maximum Gasteiger partial charge on any atom is 0.573 e. The molecular weight excluding hydrogens is 285 g/mol. The van der Waals surface area contributed by atoms with Gasteiger partial charge >= 0.3 is 6.36 Å². The van der Waals surface area contributed by atoms with Gasteiger partial charge in [0.25, 0.3) is 5.91 Å². The van der Waals surface area contributed by atoms with Crippen LogP contribution in [0.4, 0.5) is 18.9 Å². The number of nitrogens with zero attached hydrogens (tertiary/aromatic N) is 1. The third-order valence-corrected chi connectivity index (χ3v) is 2.65. The highest BCUT2D eigenvalue weighted by molar-refractivity contribution is 6.05. The molecule has 0 radical (unpaired) electrons. The molecule has 2 rings (SSSR count). The highest BCUT2D eigenvalue weighted by Gasteiger charge is 2.50. The zero-order chi connectivity index (χ0) is 15.1. The first kappa shape index (κ1) is 14.1. The minimum absolute atomic E-state index is 0.00567. The van der Waals surface area contributed by atoms with E-state index in [2.05, 4.69) is 10.1 Å². The van der Waals surface area contributed by atoms with E-state index < -0.39 is 35.1 Å². The quantitative estimate of drug-likeness (QED) is 0.639. The number of fused-ring (bicyclic) bond motifs is 1. The average molecular weight is 292 g/mol. The maximum absolute atomic E-state index is 12.1. The summed E-state index contributed by atoms with van der Waals surface area (Å²) in [5.74, 6) is -1.76. The topological polar surface area (TPSA) is 102 Å². The zero-order valence-corrected chi connectivity index (χ0v) is 9.60. The molecule has 1 aliphatic heterocycles. The van der Waals surface area contributed by atoms with Crippen LogP contribution in [0.2, 0.25) is 0 Å². The summed E-state index contributed by atoms with van der Waals surface area (Å²) in [6, 6.07) is 2.72. The third-order valence-electron chi connectivity index (χ3n) is 2.65. The summed E-state index contributed by atoms with van der Waals surface area (Å²) < 4.78 is 39.9. The Bertz CT molecular complexity index is 589. The van der Waals surface area contributed by atoms with Crippen LogP contribution in [0.15, 0.2) is 18.2 Å². The van der Waals surface area contributed by atoms with Crippen molar-refractivity contribution < 1.29 is 32.7 Å². The third kappa shape index (κ3) is 2.50. The lowest BCUT2D eigenvalue weighted by atomic mass is 9.95. The van der Waals surface area contributed by atoms with Crippen LogP contribution in [0.5, 0.6) is 5.75 Å². The number of rotatable bonds is 3. The molecule has 0 saturated heterocycles. The zero-order valence-electron chi connectivity index (χ0n) is 9.60. The summed E-state index contributed by atoms with van der Waals surface area (Å²) in [5, 5.41) is 22.7. The second kappa shape index (κ2) is 4.34. The molecule has 0 spiro atoms. The largest absolute Gasteiger partial charge is 0.573 e. The molecule has 2 N–H and O–H groups in total. The standard InChI is InChI=1S/C10H7F3N2O5/c11-10(12,13)20-5-1-2-7-6(3-5)9(17,4-15(18)19)8(16)14-7/h1-3,17H,4H2,(H,14,16)/t9-/m1/s1. The Morgan fingerprint density at radius 1 is 1.45 bits per heavy atom. The molecule has 1 aliphatic rings. The molecule has 0 unspecified atom stereocenters. The first-order valence-electron chi connectivity index (χ1n) is 5.18. The van der Waals surface area contributed by atoms with E-state index in [1.807, 2.05) is 0 Å². The molecule has 1 atom stereocenters. The van der Waals surface area contributed by atoms with Crippen LogP contribution in [0.1, 0.15) is 5.56 Å². The normalized spacial score (nSPS) is 21.3. The molecule has 1 aromatic rings. The van der Waals surface area contributed by atoms with Crippen LogP contribution in [-0.2, 0) is 10.4 Å². The summed E-state index contributed by atoms with van der Waals surface area (Å²) in [6.07, 6.45) is -4.95. The van der Waals surface area contributed by atoms with Crippen molar-refractivity contribution in [1.29, 1.82) is 0 Å². The number of anilines is 1. The lowest BCUT2D eigenvalue weighted by Gasteiger charge is -2.16. The van der Waals surface area contributed by atoms with E-state index in [1.54, 1.807) is 0 Å². The lowest BCUT2D eigenvalue weighted by molar-refractivity contribution is -0.498. The summed E-state index contributed by atoms with van der Waals surface area (Å²) in [6.45, 7) is -1.17. The molecule has 20 heavy (non-hydrogen) atoms. The number of benzene rings is 1. The number of carbonyl (C=O) groups is 1. The van der Waals surface area contributed by atoms with E-state index in [9.17, 15) is 33.2 Å². The summed E-state index contributed by atoms with van der Waals surface area (Å²) in [7, 11) is 0. The molecule has 0 fully saturated rings. The number of aliphatic hydroxyl groups is 1. The average Bonchev–Trinajstić information content (AvgIpc) is 2.49. The smallest absolute Gasteiger partial charge is 0.406 e. The Labute approximate surface area is 109 Å². The second-order valence-electron chi connectivity index (χ2n) is 4.06. The minimum atomic E-state index is -4.95. The minimum Gasteiger partial charge on any atom is -0.406 e. The van der Waals surface area contributed by atoms with Gasteiger partial charge in [0, 0.05) is 16.2 Å². The van der Waals surface area contributed by atoms with E-state index in [4.69, 9.17) is 0 Å². The first-order valence-corrected chi connectivity index (χ1v) is 5.18. The molecule has 1 aromatic carbocycles. The van der Waals surface area contributed by atoms with Crippen LogP contribution in [0, 0.1) is 10.1 Å². The van der Waals surface area contributed by atoms with E-state index >= 15 is 0 Å². The van der Waals surface area contributed by atoms with Gasteiger partial charge in [-0.15, -0.1) is 13.2 Å². The van der Waals surface area contributed by atoms with Gasteiger partial charge in [-0.2, -0.15) is 0 Å². The van der Waals surface area contributed by atoms with Crippen molar-refractivity contribution in [3.8, 4) is 5.75 Å². The van der Waals surface area contributed by atoms with Gasteiger partial charge < -0.3 is 15.2 Å². The summed E-state index contributed by atoms with van der Waals surface area (Å²) >= 11 is 0. The van der Waals surface area contributed by atoms with E-state index in [0.717, 1.165) is 18.2 Å². The fourth-order valence-corrected chi connectivity index (χ4v) is 1.86. The first-order chi connectivity index (χ1) is 9.12. The van der Waals surface area contributed by atoms with E-state index in [1.165, 1.54) is 0 Å². The number of nitro groups is 1. The van der Waals surface area contributed by atoms with Crippen LogP contribution >= 0.6 is 0 Å². The van der Waals surface area contributed by atoms with Crippen molar-refractivity contribution in [2.45, 2.75) is 12.0 Å². The Balaban J connectivity index is 2.42.